The predicted octanol–water partition coefficient (Wildman–Crippen LogP) is 3.12. The predicted molar refractivity (Wildman–Crippen MR) is 88.7 cm³/mol. The lowest BCUT2D eigenvalue weighted by Crippen LogP contribution is -2.07. The van der Waals surface area contributed by atoms with Crippen LogP contribution in [0.5, 0.6) is 11.5 Å². The Labute approximate surface area is 138 Å². The summed E-state index contributed by atoms with van der Waals surface area (Å²) in [5.74, 6) is 1.68. The van der Waals surface area contributed by atoms with Crippen LogP contribution in [0.4, 0.5) is 5.13 Å². The van der Waals surface area contributed by atoms with E-state index in [1.807, 2.05) is 18.2 Å². The Morgan fingerprint density at radius 3 is 3.00 bits per heavy atom. The Morgan fingerprint density at radius 2 is 2.17 bits per heavy atom. The first-order chi connectivity index (χ1) is 11.1. The zero-order valence-electron chi connectivity index (χ0n) is 12.9. The minimum atomic E-state index is -0.241. The van der Waals surface area contributed by atoms with Crippen molar-refractivity contribution in [1.82, 2.24) is 10.2 Å². The van der Waals surface area contributed by atoms with E-state index in [0.29, 0.717) is 16.8 Å². The van der Waals surface area contributed by atoms with Crippen molar-refractivity contribution in [1.29, 1.82) is 0 Å². The monoisotopic (exact) mass is 331 g/mol. The molecule has 0 spiro atoms. The minimum Gasteiger partial charge on any atom is -0.454 e. The highest BCUT2D eigenvalue weighted by molar-refractivity contribution is 7.15. The van der Waals surface area contributed by atoms with Gasteiger partial charge in [-0.05, 0) is 29.7 Å². The third kappa shape index (κ3) is 4.07. The van der Waals surface area contributed by atoms with Gasteiger partial charge in [0.25, 0.3) is 0 Å². The van der Waals surface area contributed by atoms with Crippen molar-refractivity contribution in [2.24, 2.45) is 5.92 Å². The van der Waals surface area contributed by atoms with Gasteiger partial charge in [-0.15, -0.1) is 10.2 Å². The number of hydrogen-bond donors (Lipinski definition) is 1. The normalized spacial score (nSPS) is 13.0. The fourth-order valence-electron chi connectivity index (χ4n) is 2.07. The smallest absolute Gasteiger partial charge is 0.250 e. The number of fused-ring (bicyclic) bond motifs is 1. The SMILES string of the molecule is CC(C)Cc1nnc(NC(=O)C=Cc2ccc3c(c2)OCO3)s1. The van der Waals surface area contributed by atoms with E-state index < -0.39 is 0 Å². The van der Waals surface area contributed by atoms with Crippen molar-refractivity contribution < 1.29 is 14.3 Å². The van der Waals surface area contributed by atoms with Gasteiger partial charge in [0.1, 0.15) is 5.01 Å². The van der Waals surface area contributed by atoms with Gasteiger partial charge in [0, 0.05) is 12.5 Å². The summed E-state index contributed by atoms with van der Waals surface area (Å²) in [6, 6.07) is 5.52. The number of amides is 1. The maximum Gasteiger partial charge on any atom is 0.250 e. The number of carbonyl (C=O) groups is 1. The van der Waals surface area contributed by atoms with Gasteiger partial charge in [-0.1, -0.05) is 31.3 Å². The lowest BCUT2D eigenvalue weighted by molar-refractivity contribution is -0.111. The molecule has 6 nitrogen and oxygen atoms in total. The summed E-state index contributed by atoms with van der Waals surface area (Å²) < 4.78 is 10.6. The highest BCUT2D eigenvalue weighted by atomic mass is 32.1. The van der Waals surface area contributed by atoms with E-state index in [9.17, 15) is 4.79 Å². The van der Waals surface area contributed by atoms with Gasteiger partial charge in [-0.2, -0.15) is 0 Å². The molecule has 2 aromatic rings. The molecule has 1 N–H and O–H groups in total. The molecule has 0 aliphatic carbocycles. The van der Waals surface area contributed by atoms with Crippen LogP contribution in [-0.2, 0) is 11.2 Å². The molecule has 0 radical (unpaired) electrons. The van der Waals surface area contributed by atoms with Crippen molar-refractivity contribution >= 4 is 28.5 Å². The zero-order valence-corrected chi connectivity index (χ0v) is 13.7. The molecule has 120 valence electrons. The second-order valence-electron chi connectivity index (χ2n) is 5.53. The van der Waals surface area contributed by atoms with Crippen LogP contribution in [0, 0.1) is 5.92 Å². The Hall–Kier alpha value is -2.41. The zero-order chi connectivity index (χ0) is 16.2. The Kier molecular flexibility index (Phi) is 4.57. The van der Waals surface area contributed by atoms with Crippen molar-refractivity contribution in [2.75, 3.05) is 12.1 Å². The molecule has 0 bridgehead atoms. The van der Waals surface area contributed by atoms with Gasteiger partial charge in [0.05, 0.1) is 0 Å². The first kappa shape index (κ1) is 15.5. The standard InChI is InChI=1S/C16H17N3O3S/c1-10(2)7-15-18-19-16(23-15)17-14(20)6-4-11-3-5-12-13(8-11)22-9-21-12/h3-6,8,10H,7,9H2,1-2H3,(H,17,19,20). The summed E-state index contributed by atoms with van der Waals surface area (Å²) in [6.45, 7) is 4.47. The van der Waals surface area contributed by atoms with Crippen LogP contribution in [0.25, 0.3) is 6.08 Å². The number of aromatic nitrogens is 2. The number of nitrogens with one attached hydrogen (secondary N) is 1. The average molecular weight is 331 g/mol. The fourth-order valence-corrected chi connectivity index (χ4v) is 3.03. The molecule has 3 rings (SSSR count). The molecule has 2 heterocycles. The molecule has 23 heavy (non-hydrogen) atoms. The van der Waals surface area contributed by atoms with Gasteiger partial charge < -0.3 is 9.47 Å². The summed E-state index contributed by atoms with van der Waals surface area (Å²) in [6.07, 6.45) is 4.04. The summed E-state index contributed by atoms with van der Waals surface area (Å²) in [7, 11) is 0. The van der Waals surface area contributed by atoms with E-state index in [1.54, 1.807) is 6.08 Å². The quantitative estimate of drug-likeness (QED) is 0.852. The second kappa shape index (κ2) is 6.78. The average Bonchev–Trinajstić information content (AvgIpc) is 3.13. The first-order valence-corrected chi connectivity index (χ1v) is 8.13. The van der Waals surface area contributed by atoms with E-state index in [4.69, 9.17) is 9.47 Å². The number of anilines is 1. The van der Waals surface area contributed by atoms with Crippen molar-refractivity contribution in [3.63, 3.8) is 0 Å². The lowest BCUT2D eigenvalue weighted by atomic mass is 10.1. The molecule has 1 aliphatic rings. The number of rotatable bonds is 5. The van der Waals surface area contributed by atoms with Crippen LogP contribution in [0.3, 0.4) is 0 Å². The van der Waals surface area contributed by atoms with E-state index >= 15 is 0 Å². The van der Waals surface area contributed by atoms with E-state index in [-0.39, 0.29) is 12.7 Å². The molecular weight excluding hydrogens is 314 g/mol. The van der Waals surface area contributed by atoms with Gasteiger partial charge in [0.15, 0.2) is 11.5 Å². The van der Waals surface area contributed by atoms with Crippen molar-refractivity contribution in [3.8, 4) is 11.5 Å². The first-order valence-electron chi connectivity index (χ1n) is 7.31. The molecule has 1 aromatic carbocycles. The number of benzene rings is 1. The fraction of sp³-hybridized carbons (Fsp3) is 0.312. The van der Waals surface area contributed by atoms with E-state index in [2.05, 4.69) is 29.4 Å². The van der Waals surface area contributed by atoms with Crippen LogP contribution >= 0.6 is 11.3 Å². The Morgan fingerprint density at radius 1 is 1.35 bits per heavy atom. The molecule has 1 aliphatic heterocycles. The molecule has 7 heteroatoms. The third-order valence-electron chi connectivity index (χ3n) is 3.10. The van der Waals surface area contributed by atoms with Gasteiger partial charge in [-0.25, -0.2) is 0 Å². The van der Waals surface area contributed by atoms with E-state index in [1.165, 1.54) is 17.4 Å². The van der Waals surface area contributed by atoms with Crippen molar-refractivity contribution in [2.45, 2.75) is 20.3 Å². The number of carbonyl (C=O) groups excluding carboxylic acids is 1. The van der Waals surface area contributed by atoms with Crippen LogP contribution in [0.15, 0.2) is 24.3 Å². The largest absolute Gasteiger partial charge is 0.454 e. The van der Waals surface area contributed by atoms with Crippen LogP contribution < -0.4 is 14.8 Å². The Balaban J connectivity index is 1.59. The molecule has 0 saturated carbocycles. The van der Waals surface area contributed by atoms with E-state index in [0.717, 1.165) is 22.7 Å². The maximum absolute atomic E-state index is 11.9. The molecule has 1 aromatic heterocycles. The Bertz CT molecular complexity index is 740. The molecular formula is C16H17N3O3S. The van der Waals surface area contributed by atoms with Gasteiger partial charge in [-0.3, -0.25) is 10.1 Å². The van der Waals surface area contributed by atoms with Crippen LogP contribution in [0.1, 0.15) is 24.4 Å². The maximum atomic E-state index is 11.9. The van der Waals surface area contributed by atoms with Crippen LogP contribution in [0.2, 0.25) is 0 Å². The number of ether oxygens (including phenoxy) is 2. The third-order valence-corrected chi connectivity index (χ3v) is 3.96. The van der Waals surface area contributed by atoms with Crippen molar-refractivity contribution in [3.05, 3.63) is 34.8 Å². The van der Waals surface area contributed by atoms with Gasteiger partial charge in [0.2, 0.25) is 17.8 Å². The molecule has 1 amide bonds. The molecule has 0 saturated heterocycles. The highest BCUT2D eigenvalue weighted by Gasteiger charge is 2.12. The highest BCUT2D eigenvalue weighted by Crippen LogP contribution is 2.32. The number of hydrogen-bond acceptors (Lipinski definition) is 6. The summed E-state index contributed by atoms with van der Waals surface area (Å²) in [4.78, 5) is 11.9. The summed E-state index contributed by atoms with van der Waals surface area (Å²) in [5, 5.41) is 12.2. The topological polar surface area (TPSA) is 73.3 Å². The lowest BCUT2D eigenvalue weighted by Gasteiger charge is -1.98. The second-order valence-corrected chi connectivity index (χ2v) is 6.60. The summed E-state index contributed by atoms with van der Waals surface area (Å²) >= 11 is 1.40. The minimum absolute atomic E-state index is 0.235. The molecule has 0 atom stereocenters. The number of nitrogens with zero attached hydrogens (tertiary/aromatic N) is 2. The molecule has 0 fully saturated rings. The van der Waals surface area contributed by atoms with Gasteiger partial charge >= 0.3 is 0 Å². The summed E-state index contributed by atoms with van der Waals surface area (Å²) in [5.41, 5.74) is 0.863. The van der Waals surface area contributed by atoms with Crippen LogP contribution in [-0.4, -0.2) is 22.9 Å². The molecule has 0 unspecified atom stereocenters.